The van der Waals surface area contributed by atoms with Crippen LogP contribution in [0, 0.1) is 0 Å². The van der Waals surface area contributed by atoms with Crippen molar-refractivity contribution in [2.75, 3.05) is 12.4 Å². The molecular formula is C11H21NO7S2. The lowest BCUT2D eigenvalue weighted by atomic mass is 9.98. The first-order valence-corrected chi connectivity index (χ1v) is 9.33. The van der Waals surface area contributed by atoms with E-state index in [1.54, 1.807) is 0 Å². The van der Waals surface area contributed by atoms with Crippen molar-refractivity contribution in [3.05, 3.63) is 0 Å². The first kappa shape index (κ1) is 17.4. The molecule has 124 valence electrons. The summed E-state index contributed by atoms with van der Waals surface area (Å²) in [4.78, 5) is 0. The van der Waals surface area contributed by atoms with Crippen LogP contribution < -0.4 is 5.73 Å². The Kier molecular flexibility index (Phi) is 5.21. The second kappa shape index (κ2) is 6.28. The molecule has 10 heteroatoms. The molecule has 21 heavy (non-hydrogen) atoms. The largest absolute Gasteiger partial charge is 0.394 e. The second-order valence-corrected chi connectivity index (χ2v) is 9.17. The molecule has 0 bridgehead atoms. The molecule has 6 N–H and O–H groups in total. The van der Waals surface area contributed by atoms with Crippen molar-refractivity contribution in [1.29, 1.82) is 0 Å². The maximum Gasteiger partial charge on any atom is 0.291 e. The smallest absolute Gasteiger partial charge is 0.291 e. The van der Waals surface area contributed by atoms with Gasteiger partial charge in [-0.15, -0.1) is 11.8 Å². The lowest BCUT2D eigenvalue weighted by Crippen LogP contribution is -2.71. The van der Waals surface area contributed by atoms with Crippen LogP contribution in [-0.2, 0) is 14.6 Å². The number of hydrogen-bond donors (Lipinski definition) is 5. The molecule has 2 rings (SSSR count). The van der Waals surface area contributed by atoms with Crippen LogP contribution in [0.5, 0.6) is 0 Å². The predicted molar refractivity (Wildman–Crippen MR) is 75.9 cm³/mol. The van der Waals surface area contributed by atoms with Gasteiger partial charge in [0.2, 0.25) is 9.84 Å². The van der Waals surface area contributed by atoms with Gasteiger partial charge < -0.3 is 30.9 Å². The van der Waals surface area contributed by atoms with Crippen molar-refractivity contribution < 1.29 is 33.6 Å². The Bertz CT molecular complexity index is 465. The molecule has 2 aliphatic heterocycles. The van der Waals surface area contributed by atoms with E-state index in [0.29, 0.717) is 18.6 Å². The molecule has 0 amide bonds. The van der Waals surface area contributed by atoms with Gasteiger partial charge in [-0.3, -0.25) is 0 Å². The van der Waals surface area contributed by atoms with Gasteiger partial charge in [-0.25, -0.2) is 8.42 Å². The average Bonchev–Trinajstić information content (AvgIpc) is 2.49. The van der Waals surface area contributed by atoms with Crippen molar-refractivity contribution in [3.8, 4) is 0 Å². The standard InChI is InChI=1S/C11H21NO7S2/c12-10-9(15)8(14)6(5-13)19-11(10,16)21(17,18)7-3-1-2-4-20-7/h6-10,13-16H,1-5,12H2/t6-,7?,8-,9+,10-,11?/m1/s1. The van der Waals surface area contributed by atoms with E-state index in [4.69, 9.17) is 15.6 Å². The van der Waals surface area contributed by atoms with Crippen LogP contribution in [0.3, 0.4) is 0 Å². The van der Waals surface area contributed by atoms with Crippen molar-refractivity contribution in [3.63, 3.8) is 0 Å². The summed E-state index contributed by atoms with van der Waals surface area (Å²) >= 11 is 1.19. The third-order valence-electron chi connectivity index (χ3n) is 3.91. The summed E-state index contributed by atoms with van der Waals surface area (Å²) in [5.74, 6) is 0.643. The maximum absolute atomic E-state index is 12.6. The molecule has 2 fully saturated rings. The Morgan fingerprint density at radius 3 is 2.48 bits per heavy atom. The Hall–Kier alpha value is 0.0600. The fourth-order valence-electron chi connectivity index (χ4n) is 2.56. The molecule has 2 aliphatic rings. The highest BCUT2D eigenvalue weighted by Gasteiger charge is 2.61. The van der Waals surface area contributed by atoms with Crippen LogP contribution in [-0.4, -0.2) is 75.3 Å². The third-order valence-corrected chi connectivity index (χ3v) is 8.32. The van der Waals surface area contributed by atoms with Crippen LogP contribution >= 0.6 is 11.8 Å². The van der Waals surface area contributed by atoms with Crippen molar-refractivity contribution in [1.82, 2.24) is 0 Å². The van der Waals surface area contributed by atoms with E-state index >= 15 is 0 Å². The van der Waals surface area contributed by atoms with Gasteiger partial charge in [-0.2, -0.15) is 0 Å². The van der Waals surface area contributed by atoms with Crippen LogP contribution in [0.2, 0.25) is 0 Å². The number of aliphatic hydroxyl groups excluding tert-OH is 3. The minimum Gasteiger partial charge on any atom is -0.394 e. The number of aliphatic hydroxyl groups is 4. The predicted octanol–water partition coefficient (Wildman–Crippen LogP) is -2.27. The summed E-state index contributed by atoms with van der Waals surface area (Å²) < 4.78 is 29.4. The van der Waals surface area contributed by atoms with Crippen molar-refractivity contribution in [2.45, 2.75) is 53.3 Å². The topological polar surface area (TPSA) is 150 Å². The number of nitrogens with two attached hydrogens (primary N) is 1. The van der Waals surface area contributed by atoms with Crippen molar-refractivity contribution in [2.24, 2.45) is 5.73 Å². The molecule has 0 aromatic heterocycles. The highest BCUT2D eigenvalue weighted by molar-refractivity contribution is 8.13. The monoisotopic (exact) mass is 343 g/mol. The number of sulfone groups is 1. The number of thioether (sulfide) groups is 1. The third kappa shape index (κ3) is 2.83. The summed E-state index contributed by atoms with van der Waals surface area (Å²) in [6.45, 7) is -0.749. The minimum absolute atomic E-state index is 0.355. The Morgan fingerprint density at radius 1 is 1.29 bits per heavy atom. The number of ether oxygens (including phenoxy) is 1. The zero-order valence-electron chi connectivity index (χ0n) is 11.3. The molecule has 0 aromatic rings. The van der Waals surface area contributed by atoms with E-state index in [2.05, 4.69) is 0 Å². The summed E-state index contributed by atoms with van der Waals surface area (Å²) in [7, 11) is -4.24. The molecule has 8 nitrogen and oxygen atoms in total. The van der Waals surface area contributed by atoms with Crippen LogP contribution in [0.1, 0.15) is 19.3 Å². The molecule has 0 radical (unpaired) electrons. The Labute approximate surface area is 127 Å². The van der Waals surface area contributed by atoms with Crippen LogP contribution in [0.4, 0.5) is 0 Å². The lowest BCUT2D eigenvalue weighted by molar-refractivity contribution is -0.272. The van der Waals surface area contributed by atoms with Gasteiger partial charge in [0.15, 0.2) is 0 Å². The van der Waals surface area contributed by atoms with Crippen LogP contribution in [0.25, 0.3) is 0 Å². The molecule has 2 heterocycles. The average molecular weight is 343 g/mol. The fourth-order valence-corrected chi connectivity index (χ4v) is 6.58. The van der Waals surface area contributed by atoms with E-state index in [1.165, 1.54) is 11.8 Å². The van der Waals surface area contributed by atoms with Gasteiger partial charge in [-0.05, 0) is 18.6 Å². The fraction of sp³-hybridized carbons (Fsp3) is 1.00. The zero-order chi connectivity index (χ0) is 15.8. The van der Waals surface area contributed by atoms with Gasteiger partial charge in [0, 0.05) is 0 Å². The Balaban J connectivity index is 2.33. The zero-order valence-corrected chi connectivity index (χ0v) is 13.0. The van der Waals surface area contributed by atoms with Gasteiger partial charge in [0.05, 0.1) is 6.61 Å². The van der Waals surface area contributed by atoms with Crippen LogP contribution in [0.15, 0.2) is 0 Å². The molecule has 0 aliphatic carbocycles. The lowest BCUT2D eigenvalue weighted by Gasteiger charge is -2.46. The number of hydrogen-bond acceptors (Lipinski definition) is 9. The van der Waals surface area contributed by atoms with Gasteiger partial charge >= 0.3 is 0 Å². The molecule has 2 unspecified atom stereocenters. The first-order valence-electron chi connectivity index (χ1n) is 6.73. The molecule has 2 saturated heterocycles. The summed E-state index contributed by atoms with van der Waals surface area (Å²) in [5, 5.41) is 36.3. The van der Waals surface area contributed by atoms with E-state index in [0.717, 1.165) is 6.42 Å². The SMILES string of the molecule is N[C@@H]1[C@@H](O)[C@H](O)[C@@H](CO)OC1(O)S(=O)(=O)C1CCCCS1. The van der Waals surface area contributed by atoms with Gasteiger partial charge in [-0.1, -0.05) is 6.42 Å². The second-order valence-electron chi connectivity index (χ2n) is 5.32. The highest BCUT2D eigenvalue weighted by Crippen LogP contribution is 2.39. The van der Waals surface area contributed by atoms with Gasteiger partial charge in [0.25, 0.3) is 5.12 Å². The highest BCUT2D eigenvalue weighted by atomic mass is 32.3. The van der Waals surface area contributed by atoms with E-state index in [-0.39, 0.29) is 0 Å². The minimum atomic E-state index is -4.24. The molecular weight excluding hydrogens is 322 g/mol. The Morgan fingerprint density at radius 2 is 1.95 bits per heavy atom. The van der Waals surface area contributed by atoms with Gasteiger partial charge in [0.1, 0.15) is 28.9 Å². The molecule has 0 spiro atoms. The first-order chi connectivity index (χ1) is 9.75. The summed E-state index contributed by atoms with van der Waals surface area (Å²) in [6.07, 6.45) is -2.76. The number of rotatable bonds is 3. The molecule has 0 saturated carbocycles. The molecule has 6 atom stereocenters. The summed E-state index contributed by atoms with van der Waals surface area (Å²) in [6, 6.07) is -1.72. The maximum atomic E-state index is 12.6. The summed E-state index contributed by atoms with van der Waals surface area (Å²) in [5.41, 5.74) is 5.60. The molecule has 0 aromatic carbocycles. The van der Waals surface area contributed by atoms with Crippen molar-refractivity contribution >= 4 is 21.6 Å². The quantitative estimate of drug-likeness (QED) is 0.382. The normalized spacial score (nSPS) is 45.5. The van der Waals surface area contributed by atoms with E-state index in [9.17, 15) is 23.7 Å². The van der Waals surface area contributed by atoms with E-state index in [1.807, 2.05) is 0 Å². The van der Waals surface area contributed by atoms with E-state index < -0.39 is 50.5 Å².